The van der Waals surface area contributed by atoms with E-state index >= 15 is 0 Å². The molecule has 0 aliphatic heterocycles. The monoisotopic (exact) mass is 284 g/mol. The summed E-state index contributed by atoms with van der Waals surface area (Å²) in [5.74, 6) is 0.979. The zero-order valence-corrected chi connectivity index (χ0v) is 12.2. The summed E-state index contributed by atoms with van der Waals surface area (Å²) in [6, 6.07) is 15.2. The van der Waals surface area contributed by atoms with Crippen LogP contribution in [0.15, 0.2) is 48.5 Å². The molecule has 0 fully saturated rings. The number of hydrogen-bond acceptors (Lipinski definition) is 3. The number of methoxy groups -OCH3 is 1. The molecule has 20 heavy (non-hydrogen) atoms. The molecule has 2 nitrogen and oxygen atoms in total. The molecule has 0 spiro atoms. The topological polar surface area (TPSA) is 26.3 Å². The van der Waals surface area contributed by atoms with E-state index in [9.17, 15) is 4.79 Å². The summed E-state index contributed by atoms with van der Waals surface area (Å²) in [4.78, 5) is 12.1. The normalized spacial score (nSPS) is 10.1. The van der Waals surface area contributed by atoms with E-state index in [0.29, 0.717) is 6.42 Å². The molecule has 0 bridgehead atoms. The molecular formula is C17H16O2S. The van der Waals surface area contributed by atoms with Crippen molar-refractivity contribution in [1.82, 2.24) is 0 Å². The second-order valence-electron chi connectivity index (χ2n) is 4.51. The zero-order valence-electron chi connectivity index (χ0n) is 11.3. The quantitative estimate of drug-likeness (QED) is 0.595. The smallest absolute Gasteiger partial charge is 0.163 e. The molecule has 0 radical (unpaired) electrons. The lowest BCUT2D eigenvalue weighted by atomic mass is 10.0. The molecule has 0 unspecified atom stereocenters. The van der Waals surface area contributed by atoms with Gasteiger partial charge in [-0.1, -0.05) is 48.6 Å². The van der Waals surface area contributed by atoms with Gasteiger partial charge in [-0.3, -0.25) is 4.79 Å². The van der Waals surface area contributed by atoms with Crippen molar-refractivity contribution in [3.63, 3.8) is 0 Å². The molecule has 0 N–H and O–H groups in total. The summed E-state index contributed by atoms with van der Waals surface area (Å²) in [7, 11) is 1.64. The third kappa shape index (κ3) is 3.75. The van der Waals surface area contributed by atoms with Gasteiger partial charge in [-0.2, -0.15) is 0 Å². The van der Waals surface area contributed by atoms with Crippen molar-refractivity contribution in [3.05, 3.63) is 65.2 Å². The number of benzene rings is 2. The van der Waals surface area contributed by atoms with Gasteiger partial charge in [0.25, 0.3) is 0 Å². The number of carbonyl (C=O) groups is 1. The van der Waals surface area contributed by atoms with Gasteiger partial charge in [0.1, 0.15) is 5.75 Å². The number of carbonyl (C=O) groups excluding carboxylic acids is 1. The van der Waals surface area contributed by atoms with Gasteiger partial charge >= 0.3 is 0 Å². The molecule has 0 saturated heterocycles. The molecule has 0 atom stereocenters. The van der Waals surface area contributed by atoms with E-state index in [2.05, 4.69) is 0 Å². The summed E-state index contributed by atoms with van der Waals surface area (Å²) >= 11 is 4.84. The van der Waals surface area contributed by atoms with Crippen LogP contribution in [0.4, 0.5) is 0 Å². The summed E-state index contributed by atoms with van der Waals surface area (Å²) in [5.41, 5.74) is 2.82. The van der Waals surface area contributed by atoms with Crippen molar-refractivity contribution in [2.45, 2.75) is 12.8 Å². The van der Waals surface area contributed by atoms with Crippen LogP contribution in [0.1, 0.15) is 27.9 Å². The lowest BCUT2D eigenvalue weighted by molar-refractivity contribution is 0.0983. The fourth-order valence-electron chi connectivity index (χ4n) is 1.94. The van der Waals surface area contributed by atoms with Crippen molar-refractivity contribution >= 4 is 23.4 Å². The molecule has 0 aromatic heterocycles. The van der Waals surface area contributed by atoms with Crippen molar-refractivity contribution in [2.75, 3.05) is 7.11 Å². The summed E-state index contributed by atoms with van der Waals surface area (Å²) < 4.78 is 5.11. The summed E-state index contributed by atoms with van der Waals surface area (Å²) in [5, 5.41) is 1.60. The average molecular weight is 284 g/mol. The molecule has 0 amide bonds. The minimum atomic E-state index is 0.150. The van der Waals surface area contributed by atoms with E-state index in [0.717, 1.165) is 28.9 Å². The first-order valence-corrected chi connectivity index (χ1v) is 6.91. The highest BCUT2D eigenvalue weighted by Gasteiger charge is 2.06. The van der Waals surface area contributed by atoms with E-state index in [-0.39, 0.29) is 5.78 Å². The predicted molar refractivity (Wildman–Crippen MR) is 84.8 cm³/mol. The van der Waals surface area contributed by atoms with E-state index in [1.54, 1.807) is 12.5 Å². The number of thiocarbonyl (C=S) groups is 1. The van der Waals surface area contributed by atoms with Crippen molar-refractivity contribution in [2.24, 2.45) is 0 Å². The number of Topliss-reactive ketones (excluding diaryl/α,β-unsaturated/α-hetero) is 1. The fraction of sp³-hybridized carbons (Fsp3) is 0.176. The Morgan fingerprint density at radius 3 is 2.30 bits per heavy atom. The number of ether oxygens (including phenoxy) is 1. The van der Waals surface area contributed by atoms with Crippen molar-refractivity contribution in [1.29, 1.82) is 0 Å². The van der Waals surface area contributed by atoms with E-state index in [4.69, 9.17) is 17.0 Å². The lowest BCUT2D eigenvalue weighted by Gasteiger charge is -2.04. The second kappa shape index (κ2) is 6.96. The maximum absolute atomic E-state index is 12.1. The Hall–Kier alpha value is -2.00. The molecular weight excluding hydrogens is 268 g/mol. The molecule has 2 aromatic carbocycles. The van der Waals surface area contributed by atoms with Crippen LogP contribution in [0.25, 0.3) is 0 Å². The predicted octanol–water partition coefficient (Wildman–Crippen LogP) is 3.86. The first-order valence-electron chi connectivity index (χ1n) is 6.44. The van der Waals surface area contributed by atoms with Gasteiger partial charge in [0.2, 0.25) is 0 Å². The van der Waals surface area contributed by atoms with Gasteiger partial charge in [-0.05, 0) is 29.7 Å². The van der Waals surface area contributed by atoms with Crippen LogP contribution in [0.2, 0.25) is 0 Å². The molecule has 2 rings (SSSR count). The van der Waals surface area contributed by atoms with Gasteiger partial charge in [0.15, 0.2) is 5.78 Å². The van der Waals surface area contributed by atoms with E-state index < -0.39 is 0 Å². The van der Waals surface area contributed by atoms with Crippen LogP contribution >= 0.6 is 12.2 Å². The fourth-order valence-corrected chi connectivity index (χ4v) is 2.10. The SMILES string of the molecule is COc1ccc(CCC(=O)c2ccc(C=S)cc2)cc1. The third-order valence-electron chi connectivity index (χ3n) is 3.17. The van der Waals surface area contributed by atoms with Gasteiger partial charge in [-0.15, -0.1) is 0 Å². The Balaban J connectivity index is 1.94. The lowest BCUT2D eigenvalue weighted by Crippen LogP contribution is -2.01. The molecule has 0 saturated carbocycles. The van der Waals surface area contributed by atoms with E-state index in [1.165, 1.54) is 0 Å². The highest BCUT2D eigenvalue weighted by Crippen LogP contribution is 2.14. The number of hydrogen-bond donors (Lipinski definition) is 0. The molecule has 2 aromatic rings. The largest absolute Gasteiger partial charge is 0.497 e. The third-order valence-corrected chi connectivity index (χ3v) is 3.44. The van der Waals surface area contributed by atoms with Crippen LogP contribution in [0.3, 0.4) is 0 Å². The Morgan fingerprint density at radius 1 is 1.10 bits per heavy atom. The van der Waals surface area contributed by atoms with Crippen LogP contribution in [-0.4, -0.2) is 18.3 Å². The minimum Gasteiger partial charge on any atom is -0.497 e. The number of rotatable bonds is 6. The van der Waals surface area contributed by atoms with Crippen LogP contribution in [0, 0.1) is 0 Å². The Morgan fingerprint density at radius 2 is 1.75 bits per heavy atom. The number of ketones is 1. The molecule has 3 heteroatoms. The Bertz CT molecular complexity index is 585. The minimum absolute atomic E-state index is 0.150. The molecule has 0 aliphatic rings. The number of aryl methyl sites for hydroxylation is 1. The summed E-state index contributed by atoms with van der Waals surface area (Å²) in [6.07, 6.45) is 1.24. The van der Waals surface area contributed by atoms with Crippen LogP contribution in [-0.2, 0) is 6.42 Å². The van der Waals surface area contributed by atoms with Gasteiger partial charge in [0.05, 0.1) is 7.11 Å². The van der Waals surface area contributed by atoms with Gasteiger partial charge in [0, 0.05) is 17.4 Å². The maximum Gasteiger partial charge on any atom is 0.163 e. The molecule has 0 aliphatic carbocycles. The standard InChI is InChI=1S/C17H16O2S/c1-19-16-9-4-13(5-10-16)6-11-17(18)15-7-2-14(12-20)3-8-15/h2-5,7-10,12H,6,11H2,1H3. The first kappa shape index (κ1) is 14.4. The Kier molecular flexibility index (Phi) is 5.02. The first-order chi connectivity index (χ1) is 9.72. The highest BCUT2D eigenvalue weighted by molar-refractivity contribution is 7.79. The van der Waals surface area contributed by atoms with Crippen LogP contribution < -0.4 is 4.74 Å². The highest BCUT2D eigenvalue weighted by atomic mass is 32.1. The van der Waals surface area contributed by atoms with Gasteiger partial charge in [-0.25, -0.2) is 0 Å². The molecule has 102 valence electrons. The van der Waals surface area contributed by atoms with Gasteiger partial charge < -0.3 is 4.74 Å². The zero-order chi connectivity index (χ0) is 14.4. The van der Waals surface area contributed by atoms with Crippen molar-refractivity contribution < 1.29 is 9.53 Å². The van der Waals surface area contributed by atoms with Crippen molar-refractivity contribution in [3.8, 4) is 5.75 Å². The second-order valence-corrected chi connectivity index (χ2v) is 4.75. The molecule has 0 heterocycles. The van der Waals surface area contributed by atoms with Crippen LogP contribution in [0.5, 0.6) is 5.75 Å². The maximum atomic E-state index is 12.1. The average Bonchev–Trinajstić information content (AvgIpc) is 2.53. The van der Waals surface area contributed by atoms with E-state index in [1.807, 2.05) is 48.5 Å². The summed E-state index contributed by atoms with van der Waals surface area (Å²) in [6.45, 7) is 0. The Labute approximate surface area is 124 Å².